The van der Waals surface area contributed by atoms with E-state index < -0.39 is 24.1 Å². The van der Waals surface area contributed by atoms with E-state index in [0.29, 0.717) is 11.1 Å². The molecule has 0 unspecified atom stereocenters. The first-order valence-corrected chi connectivity index (χ1v) is 13.2. The number of hydrogen-bond donors (Lipinski definition) is 0. The van der Waals surface area contributed by atoms with E-state index in [1.54, 1.807) is 24.3 Å². The molecule has 0 amide bonds. The van der Waals surface area contributed by atoms with Gasteiger partial charge in [0.15, 0.2) is 12.2 Å². The monoisotopic (exact) mass is 530 g/mol. The van der Waals surface area contributed by atoms with Crippen molar-refractivity contribution in [2.75, 3.05) is 38.0 Å². The highest BCUT2D eigenvalue weighted by Gasteiger charge is 2.40. The normalized spacial score (nSPS) is 16.4. The summed E-state index contributed by atoms with van der Waals surface area (Å²) in [6.07, 6.45) is 0.311. The van der Waals surface area contributed by atoms with Crippen LogP contribution in [-0.2, 0) is 9.47 Å². The topological polar surface area (TPSA) is 59.1 Å². The molecule has 6 nitrogen and oxygen atoms in total. The zero-order valence-electron chi connectivity index (χ0n) is 22.9. The van der Waals surface area contributed by atoms with Crippen molar-refractivity contribution in [1.82, 2.24) is 0 Å². The molecule has 2 atom stereocenters. The van der Waals surface area contributed by atoms with Crippen LogP contribution in [0.1, 0.15) is 43.5 Å². The Kier molecular flexibility index (Phi) is 6.39. The second kappa shape index (κ2) is 10.0. The van der Waals surface area contributed by atoms with E-state index >= 15 is 0 Å². The fourth-order valence-electron chi connectivity index (χ4n) is 5.41. The number of ether oxygens (including phenoxy) is 2. The minimum Gasteiger partial charge on any atom is -0.450 e. The van der Waals surface area contributed by atoms with Crippen LogP contribution in [0.2, 0.25) is 0 Å². The van der Waals surface area contributed by atoms with Gasteiger partial charge in [-0.15, -0.1) is 0 Å². The second-order valence-corrected chi connectivity index (χ2v) is 10.5. The van der Waals surface area contributed by atoms with Crippen molar-refractivity contribution in [3.63, 3.8) is 0 Å². The molecular formula is C34H30N2O4. The van der Waals surface area contributed by atoms with E-state index in [1.807, 2.05) is 92.6 Å². The third-order valence-corrected chi connectivity index (χ3v) is 7.53. The maximum absolute atomic E-state index is 13.4. The lowest BCUT2D eigenvalue weighted by Gasteiger charge is -2.31. The highest BCUT2D eigenvalue weighted by atomic mass is 16.6. The Hall–Kier alpha value is -4.84. The lowest BCUT2D eigenvalue weighted by atomic mass is 9.86. The van der Waals surface area contributed by atoms with Gasteiger partial charge in [-0.3, -0.25) is 0 Å². The van der Waals surface area contributed by atoms with Gasteiger partial charge in [0.25, 0.3) is 0 Å². The minimum atomic E-state index is -0.810. The fraction of sp³-hybridized carbons (Fsp3) is 0.176. The quantitative estimate of drug-likeness (QED) is 0.238. The highest BCUT2D eigenvalue weighted by Crippen LogP contribution is 2.51. The maximum Gasteiger partial charge on any atom is 0.338 e. The number of carbonyl (C=O) groups excluding carboxylic acids is 2. The average molecular weight is 531 g/mol. The van der Waals surface area contributed by atoms with E-state index in [0.717, 1.165) is 44.8 Å². The summed E-state index contributed by atoms with van der Waals surface area (Å²) in [6, 6.07) is 28.7. The van der Waals surface area contributed by atoms with Gasteiger partial charge in [0.2, 0.25) is 0 Å². The zero-order chi connectivity index (χ0) is 28.0. The van der Waals surface area contributed by atoms with Crippen molar-refractivity contribution >= 4 is 28.9 Å². The molecule has 0 saturated carbocycles. The summed E-state index contributed by atoms with van der Waals surface area (Å²) in [5.74, 6) is -0.953. The first-order chi connectivity index (χ1) is 19.3. The Morgan fingerprint density at radius 2 is 1.12 bits per heavy atom. The summed E-state index contributed by atoms with van der Waals surface area (Å²) >= 11 is 0. The standard InChI is InChI=1S/C34H30N2O4/c1-35(2)23-16-12-21(13-17-23)33(37)39-30-20-29-26-9-6-5-8-25(26)27-10-7-11-28(31(27)29)32(30)40-34(38)22-14-18-24(19-15-22)36(3)4/h5-20,30,32H,1-4H3/t30-,32-/m1/s1. The summed E-state index contributed by atoms with van der Waals surface area (Å²) in [5, 5.41) is 0. The average Bonchev–Trinajstić information content (AvgIpc) is 3.29. The first-order valence-electron chi connectivity index (χ1n) is 13.2. The molecule has 0 heterocycles. The number of hydrogen-bond acceptors (Lipinski definition) is 6. The van der Waals surface area contributed by atoms with Crippen molar-refractivity contribution in [3.05, 3.63) is 125 Å². The van der Waals surface area contributed by atoms with Crippen molar-refractivity contribution in [2.45, 2.75) is 12.2 Å². The minimum absolute atomic E-state index is 0.430. The molecule has 200 valence electrons. The molecular weight excluding hydrogens is 500 g/mol. The summed E-state index contributed by atoms with van der Waals surface area (Å²) in [6.45, 7) is 0. The number of nitrogens with zero attached hydrogens (tertiary/aromatic N) is 2. The fourth-order valence-corrected chi connectivity index (χ4v) is 5.41. The molecule has 2 aliphatic rings. The Morgan fingerprint density at radius 1 is 0.600 bits per heavy atom. The Morgan fingerprint density at radius 3 is 1.70 bits per heavy atom. The van der Waals surface area contributed by atoms with Gasteiger partial charge in [-0.1, -0.05) is 42.5 Å². The molecule has 6 heteroatoms. The number of carbonyl (C=O) groups is 2. The third kappa shape index (κ3) is 4.41. The van der Waals surface area contributed by atoms with Gasteiger partial charge >= 0.3 is 11.9 Å². The van der Waals surface area contributed by atoms with Crippen LogP contribution in [-0.4, -0.2) is 46.2 Å². The number of anilines is 2. The van der Waals surface area contributed by atoms with Gasteiger partial charge in [-0.25, -0.2) is 9.59 Å². The molecule has 0 spiro atoms. The van der Waals surface area contributed by atoms with E-state index in [-0.39, 0.29) is 0 Å². The molecule has 0 aromatic heterocycles. The smallest absolute Gasteiger partial charge is 0.338 e. The first kappa shape index (κ1) is 25.4. The SMILES string of the molecule is CN(C)c1ccc(C(=O)O[C@@H]2c3cccc4c3C(=C[C@H]2OC(=O)c2ccc(N(C)C)cc2)c2ccccc2-4)cc1. The van der Waals surface area contributed by atoms with Crippen LogP contribution < -0.4 is 9.80 Å². The summed E-state index contributed by atoms with van der Waals surface area (Å²) in [5.41, 5.74) is 8.92. The molecule has 0 bridgehead atoms. The number of fused-ring (bicyclic) bond motifs is 3. The number of esters is 2. The van der Waals surface area contributed by atoms with E-state index in [9.17, 15) is 9.59 Å². The Labute approximate surface area is 234 Å². The highest BCUT2D eigenvalue weighted by molar-refractivity contribution is 6.03. The van der Waals surface area contributed by atoms with Crippen molar-refractivity contribution in [2.24, 2.45) is 0 Å². The van der Waals surface area contributed by atoms with Crippen LogP contribution in [0.3, 0.4) is 0 Å². The summed E-state index contributed by atoms with van der Waals surface area (Å²) in [7, 11) is 7.78. The van der Waals surface area contributed by atoms with Gasteiger partial charge in [-0.05, 0) is 82.4 Å². The number of benzene rings is 4. The van der Waals surface area contributed by atoms with Crippen molar-refractivity contribution in [3.8, 4) is 11.1 Å². The van der Waals surface area contributed by atoms with Gasteiger partial charge < -0.3 is 19.3 Å². The molecule has 0 N–H and O–H groups in total. The van der Waals surface area contributed by atoms with E-state index in [4.69, 9.17) is 9.47 Å². The predicted octanol–water partition coefficient (Wildman–Crippen LogP) is 6.37. The molecule has 40 heavy (non-hydrogen) atoms. The summed E-state index contributed by atoms with van der Waals surface area (Å²) < 4.78 is 12.2. The van der Waals surface area contributed by atoms with Crippen molar-refractivity contribution < 1.29 is 19.1 Å². The molecule has 6 rings (SSSR count). The summed E-state index contributed by atoms with van der Waals surface area (Å²) in [4.78, 5) is 30.7. The zero-order valence-corrected chi connectivity index (χ0v) is 22.9. The van der Waals surface area contributed by atoms with Crippen LogP contribution in [0.25, 0.3) is 16.7 Å². The predicted molar refractivity (Wildman–Crippen MR) is 158 cm³/mol. The largest absolute Gasteiger partial charge is 0.450 e. The molecule has 0 fully saturated rings. The Balaban J connectivity index is 1.37. The van der Waals surface area contributed by atoms with Crippen LogP contribution in [0, 0.1) is 0 Å². The number of rotatable bonds is 6. The third-order valence-electron chi connectivity index (χ3n) is 7.53. The van der Waals surface area contributed by atoms with E-state index in [2.05, 4.69) is 18.2 Å². The molecule has 0 radical (unpaired) electrons. The Bertz CT molecular complexity index is 1640. The van der Waals surface area contributed by atoms with Crippen LogP contribution in [0.15, 0.2) is 97.1 Å². The van der Waals surface area contributed by atoms with Crippen LogP contribution in [0.4, 0.5) is 11.4 Å². The van der Waals surface area contributed by atoms with Gasteiger partial charge in [-0.2, -0.15) is 0 Å². The molecule has 0 saturated heterocycles. The lowest BCUT2D eigenvalue weighted by molar-refractivity contribution is -0.0230. The molecule has 4 aromatic rings. The molecule has 2 aliphatic carbocycles. The molecule has 4 aromatic carbocycles. The second-order valence-electron chi connectivity index (χ2n) is 10.5. The lowest BCUT2D eigenvalue weighted by Crippen LogP contribution is -2.31. The van der Waals surface area contributed by atoms with Gasteiger partial charge in [0.05, 0.1) is 11.1 Å². The molecule has 0 aliphatic heterocycles. The van der Waals surface area contributed by atoms with Gasteiger partial charge in [0, 0.05) is 45.1 Å². The maximum atomic E-state index is 13.4. The van der Waals surface area contributed by atoms with Gasteiger partial charge in [0.1, 0.15) is 0 Å². The van der Waals surface area contributed by atoms with Crippen molar-refractivity contribution in [1.29, 1.82) is 0 Å². The van der Waals surface area contributed by atoms with Crippen LogP contribution in [0.5, 0.6) is 0 Å². The van der Waals surface area contributed by atoms with E-state index in [1.165, 1.54) is 0 Å². The van der Waals surface area contributed by atoms with Crippen LogP contribution >= 0.6 is 0 Å².